The first-order chi connectivity index (χ1) is 6.26. The van der Waals surface area contributed by atoms with Crippen LogP contribution in [-0.4, -0.2) is 12.6 Å². The lowest BCUT2D eigenvalue weighted by Crippen LogP contribution is -2.29. The summed E-state index contributed by atoms with van der Waals surface area (Å²) < 4.78 is 0. The quantitative estimate of drug-likeness (QED) is 0.595. The third kappa shape index (κ3) is 4.47. The molecule has 1 unspecified atom stereocenters. The van der Waals surface area contributed by atoms with E-state index in [1.54, 1.807) is 0 Å². The summed E-state index contributed by atoms with van der Waals surface area (Å²) in [6.07, 6.45) is 6.60. The van der Waals surface area contributed by atoms with E-state index in [4.69, 9.17) is 0 Å². The monoisotopic (exact) mass is 181 g/mol. The number of hydrogen-bond donors (Lipinski definition) is 1. The van der Waals surface area contributed by atoms with E-state index in [0.717, 1.165) is 18.9 Å². The first kappa shape index (κ1) is 10.8. The SMILES string of the molecule is C=C(CC)CC(CC1CC1)NCC. The van der Waals surface area contributed by atoms with Gasteiger partial charge in [0, 0.05) is 6.04 Å². The maximum absolute atomic E-state index is 4.08. The van der Waals surface area contributed by atoms with Crippen LogP contribution in [0.1, 0.15) is 46.0 Å². The molecular weight excluding hydrogens is 158 g/mol. The van der Waals surface area contributed by atoms with Crippen LogP contribution < -0.4 is 5.32 Å². The summed E-state index contributed by atoms with van der Waals surface area (Å²) in [5.74, 6) is 1.02. The second-order valence-corrected chi connectivity index (χ2v) is 4.24. The third-order valence-corrected chi connectivity index (χ3v) is 2.84. The Kier molecular flexibility index (Phi) is 4.51. The third-order valence-electron chi connectivity index (χ3n) is 2.84. The average molecular weight is 181 g/mol. The van der Waals surface area contributed by atoms with Gasteiger partial charge in [-0.05, 0) is 31.7 Å². The summed E-state index contributed by atoms with van der Waals surface area (Å²) in [6.45, 7) is 9.56. The van der Waals surface area contributed by atoms with Crippen molar-refractivity contribution < 1.29 is 0 Å². The minimum atomic E-state index is 0.699. The highest BCUT2D eigenvalue weighted by atomic mass is 14.9. The van der Waals surface area contributed by atoms with Crippen molar-refractivity contribution in [1.29, 1.82) is 0 Å². The van der Waals surface area contributed by atoms with Crippen LogP contribution in [0.15, 0.2) is 12.2 Å². The van der Waals surface area contributed by atoms with E-state index in [0.29, 0.717) is 6.04 Å². The van der Waals surface area contributed by atoms with Gasteiger partial charge < -0.3 is 5.32 Å². The van der Waals surface area contributed by atoms with Crippen molar-refractivity contribution in [2.45, 2.75) is 52.0 Å². The van der Waals surface area contributed by atoms with Gasteiger partial charge in [0.1, 0.15) is 0 Å². The lowest BCUT2D eigenvalue weighted by molar-refractivity contribution is 0.462. The van der Waals surface area contributed by atoms with Crippen LogP contribution in [0.25, 0.3) is 0 Å². The van der Waals surface area contributed by atoms with E-state index in [1.807, 2.05) is 0 Å². The van der Waals surface area contributed by atoms with Gasteiger partial charge in [-0.25, -0.2) is 0 Å². The zero-order valence-corrected chi connectivity index (χ0v) is 9.10. The Morgan fingerprint density at radius 1 is 1.46 bits per heavy atom. The molecule has 1 saturated carbocycles. The Hall–Kier alpha value is -0.300. The Labute approximate surface area is 82.6 Å². The number of rotatable bonds is 7. The van der Waals surface area contributed by atoms with Gasteiger partial charge in [0.15, 0.2) is 0 Å². The molecule has 0 aromatic rings. The summed E-state index contributed by atoms with van der Waals surface area (Å²) in [7, 11) is 0. The molecule has 0 saturated heterocycles. The molecule has 1 rings (SSSR count). The summed E-state index contributed by atoms with van der Waals surface area (Å²) in [5.41, 5.74) is 1.40. The normalized spacial score (nSPS) is 18.6. The predicted molar refractivity (Wildman–Crippen MR) is 58.9 cm³/mol. The number of nitrogens with one attached hydrogen (secondary N) is 1. The molecule has 76 valence electrons. The van der Waals surface area contributed by atoms with Gasteiger partial charge in [0.25, 0.3) is 0 Å². The molecule has 0 aromatic heterocycles. The molecule has 0 heterocycles. The second kappa shape index (κ2) is 5.43. The van der Waals surface area contributed by atoms with Gasteiger partial charge in [0.05, 0.1) is 0 Å². The minimum Gasteiger partial charge on any atom is -0.314 e. The molecule has 0 aliphatic heterocycles. The zero-order chi connectivity index (χ0) is 9.68. The average Bonchev–Trinajstić information content (AvgIpc) is 2.88. The highest BCUT2D eigenvalue weighted by Crippen LogP contribution is 2.34. The summed E-state index contributed by atoms with van der Waals surface area (Å²) in [6, 6.07) is 0.699. The highest BCUT2D eigenvalue weighted by molar-refractivity contribution is 4.97. The smallest absolute Gasteiger partial charge is 0.0107 e. The fourth-order valence-electron chi connectivity index (χ4n) is 1.78. The van der Waals surface area contributed by atoms with Gasteiger partial charge in [0.2, 0.25) is 0 Å². The molecule has 0 amide bonds. The highest BCUT2D eigenvalue weighted by Gasteiger charge is 2.24. The maximum atomic E-state index is 4.08. The van der Waals surface area contributed by atoms with Crippen molar-refractivity contribution in [3.8, 4) is 0 Å². The fourth-order valence-corrected chi connectivity index (χ4v) is 1.78. The lowest BCUT2D eigenvalue weighted by atomic mass is 10.0. The first-order valence-corrected chi connectivity index (χ1v) is 5.66. The molecule has 1 heteroatoms. The summed E-state index contributed by atoms with van der Waals surface area (Å²) >= 11 is 0. The molecule has 1 fully saturated rings. The molecule has 1 atom stereocenters. The van der Waals surface area contributed by atoms with Crippen LogP contribution in [0.5, 0.6) is 0 Å². The molecule has 0 aromatic carbocycles. The van der Waals surface area contributed by atoms with E-state index in [-0.39, 0.29) is 0 Å². The van der Waals surface area contributed by atoms with Crippen LogP contribution in [0.4, 0.5) is 0 Å². The van der Waals surface area contributed by atoms with Gasteiger partial charge in [-0.3, -0.25) is 0 Å². The van der Waals surface area contributed by atoms with E-state index in [1.165, 1.54) is 31.3 Å². The van der Waals surface area contributed by atoms with E-state index in [2.05, 4.69) is 25.7 Å². The van der Waals surface area contributed by atoms with Crippen molar-refractivity contribution in [2.75, 3.05) is 6.54 Å². The van der Waals surface area contributed by atoms with Gasteiger partial charge >= 0.3 is 0 Å². The van der Waals surface area contributed by atoms with Gasteiger partial charge in [-0.15, -0.1) is 0 Å². The Bertz CT molecular complexity index is 159. The molecule has 0 bridgehead atoms. The summed E-state index contributed by atoms with van der Waals surface area (Å²) in [4.78, 5) is 0. The minimum absolute atomic E-state index is 0.699. The van der Waals surface area contributed by atoms with E-state index < -0.39 is 0 Å². The molecule has 1 aliphatic carbocycles. The topological polar surface area (TPSA) is 12.0 Å². The van der Waals surface area contributed by atoms with Crippen LogP contribution in [-0.2, 0) is 0 Å². The van der Waals surface area contributed by atoms with Gasteiger partial charge in [-0.2, -0.15) is 0 Å². The van der Waals surface area contributed by atoms with Gasteiger partial charge in [-0.1, -0.05) is 38.8 Å². The van der Waals surface area contributed by atoms with Crippen molar-refractivity contribution in [2.24, 2.45) is 5.92 Å². The van der Waals surface area contributed by atoms with Crippen LogP contribution in [0, 0.1) is 5.92 Å². The largest absolute Gasteiger partial charge is 0.314 e. The molecular formula is C12H23N. The van der Waals surface area contributed by atoms with Crippen molar-refractivity contribution in [1.82, 2.24) is 5.32 Å². The molecule has 0 spiro atoms. The lowest BCUT2D eigenvalue weighted by Gasteiger charge is -2.18. The number of hydrogen-bond acceptors (Lipinski definition) is 1. The van der Waals surface area contributed by atoms with Crippen molar-refractivity contribution in [3.63, 3.8) is 0 Å². The zero-order valence-electron chi connectivity index (χ0n) is 9.10. The van der Waals surface area contributed by atoms with Crippen LogP contribution in [0.3, 0.4) is 0 Å². The first-order valence-electron chi connectivity index (χ1n) is 5.66. The molecule has 1 aliphatic rings. The standard InChI is InChI=1S/C12H23N/c1-4-10(3)8-12(13-5-2)9-11-6-7-11/h11-13H,3-9H2,1-2H3. The van der Waals surface area contributed by atoms with E-state index in [9.17, 15) is 0 Å². The summed E-state index contributed by atoms with van der Waals surface area (Å²) in [5, 5.41) is 3.56. The van der Waals surface area contributed by atoms with Crippen molar-refractivity contribution in [3.05, 3.63) is 12.2 Å². The Morgan fingerprint density at radius 2 is 2.15 bits per heavy atom. The van der Waals surface area contributed by atoms with Crippen molar-refractivity contribution >= 4 is 0 Å². The maximum Gasteiger partial charge on any atom is 0.0107 e. The molecule has 1 nitrogen and oxygen atoms in total. The van der Waals surface area contributed by atoms with Crippen LogP contribution >= 0.6 is 0 Å². The Balaban J connectivity index is 2.22. The Morgan fingerprint density at radius 3 is 2.62 bits per heavy atom. The fraction of sp³-hybridized carbons (Fsp3) is 0.833. The van der Waals surface area contributed by atoms with E-state index >= 15 is 0 Å². The molecule has 0 radical (unpaired) electrons. The molecule has 1 N–H and O–H groups in total. The second-order valence-electron chi connectivity index (χ2n) is 4.24. The van der Waals surface area contributed by atoms with Crippen LogP contribution in [0.2, 0.25) is 0 Å². The predicted octanol–water partition coefficient (Wildman–Crippen LogP) is 3.12. The molecule has 13 heavy (non-hydrogen) atoms.